The molecule has 0 aliphatic heterocycles. The molecule has 3 aromatic rings. The topological polar surface area (TPSA) is 92.9 Å². The summed E-state index contributed by atoms with van der Waals surface area (Å²) in [6.45, 7) is 0. The van der Waals surface area contributed by atoms with E-state index in [9.17, 15) is 9.59 Å². The van der Waals surface area contributed by atoms with E-state index in [0.717, 1.165) is 5.65 Å². The number of rotatable bonds is 6. The minimum absolute atomic E-state index is 0.217. The van der Waals surface area contributed by atoms with E-state index in [0.29, 0.717) is 16.9 Å². The highest BCUT2D eigenvalue weighted by Crippen LogP contribution is 2.21. The molecule has 0 aliphatic carbocycles. The van der Waals surface area contributed by atoms with Crippen molar-refractivity contribution in [1.29, 1.82) is 0 Å². The maximum absolute atomic E-state index is 12.5. The van der Waals surface area contributed by atoms with Gasteiger partial charge >= 0.3 is 5.97 Å². The summed E-state index contributed by atoms with van der Waals surface area (Å²) in [5.41, 5.74) is 1.85. The zero-order valence-electron chi connectivity index (χ0n) is 13.5. The number of amides is 1. The quantitative estimate of drug-likeness (QED) is 0.719. The van der Waals surface area contributed by atoms with Crippen LogP contribution in [0.4, 0.5) is 0 Å². The number of fused-ring (bicyclic) bond motifs is 1. The number of aromatic nitrogens is 2. The number of hydrogen-bond donors (Lipinski definition) is 2. The first-order chi connectivity index (χ1) is 12.1. The average molecular weight is 339 g/mol. The molecule has 1 amide bonds. The molecule has 128 valence electrons. The second-order valence-electron chi connectivity index (χ2n) is 5.51. The van der Waals surface area contributed by atoms with Crippen molar-refractivity contribution in [3.8, 4) is 5.75 Å². The van der Waals surface area contributed by atoms with Crippen molar-refractivity contribution in [1.82, 2.24) is 14.7 Å². The van der Waals surface area contributed by atoms with E-state index in [-0.39, 0.29) is 12.3 Å². The lowest BCUT2D eigenvalue weighted by Gasteiger charge is -2.18. The molecule has 0 radical (unpaired) electrons. The number of carbonyl (C=O) groups excluding carboxylic acids is 1. The summed E-state index contributed by atoms with van der Waals surface area (Å²) in [4.78, 5) is 27.8. The molecule has 25 heavy (non-hydrogen) atoms. The largest absolute Gasteiger partial charge is 0.497 e. The monoisotopic (exact) mass is 339 g/mol. The van der Waals surface area contributed by atoms with Crippen LogP contribution in [0.1, 0.15) is 28.4 Å². The van der Waals surface area contributed by atoms with Crippen molar-refractivity contribution in [2.75, 3.05) is 7.11 Å². The molecular formula is C18H17N3O4. The summed E-state index contributed by atoms with van der Waals surface area (Å²) in [6, 6.07) is 9.69. The molecule has 2 aromatic heterocycles. The third kappa shape index (κ3) is 3.77. The summed E-state index contributed by atoms with van der Waals surface area (Å²) in [6.07, 6.45) is 4.82. The van der Waals surface area contributed by atoms with Gasteiger partial charge in [0.25, 0.3) is 5.91 Å². The van der Waals surface area contributed by atoms with Crippen molar-refractivity contribution in [2.24, 2.45) is 0 Å². The number of benzene rings is 1. The molecule has 1 atom stereocenters. The second-order valence-corrected chi connectivity index (χ2v) is 5.51. The van der Waals surface area contributed by atoms with Crippen LogP contribution >= 0.6 is 0 Å². The zero-order valence-corrected chi connectivity index (χ0v) is 13.5. The third-order valence-corrected chi connectivity index (χ3v) is 3.85. The predicted octanol–water partition coefficient (Wildman–Crippen LogP) is 2.29. The highest BCUT2D eigenvalue weighted by molar-refractivity contribution is 5.94. The van der Waals surface area contributed by atoms with Gasteiger partial charge in [-0.3, -0.25) is 9.59 Å². The number of nitrogens with zero attached hydrogens (tertiary/aromatic N) is 2. The van der Waals surface area contributed by atoms with Gasteiger partial charge in [-0.05, 0) is 29.8 Å². The summed E-state index contributed by atoms with van der Waals surface area (Å²) < 4.78 is 6.83. The van der Waals surface area contributed by atoms with Gasteiger partial charge in [-0.2, -0.15) is 0 Å². The van der Waals surface area contributed by atoms with Crippen LogP contribution in [0.2, 0.25) is 0 Å². The number of methoxy groups -OCH3 is 1. The van der Waals surface area contributed by atoms with Gasteiger partial charge in [-0.1, -0.05) is 12.1 Å². The van der Waals surface area contributed by atoms with Gasteiger partial charge in [0.15, 0.2) is 0 Å². The fourth-order valence-corrected chi connectivity index (χ4v) is 2.56. The third-order valence-electron chi connectivity index (χ3n) is 3.85. The Morgan fingerprint density at radius 3 is 2.68 bits per heavy atom. The second kappa shape index (κ2) is 7.04. The maximum atomic E-state index is 12.5. The Hall–Kier alpha value is -3.35. The number of imidazole rings is 1. The van der Waals surface area contributed by atoms with Crippen molar-refractivity contribution in [3.63, 3.8) is 0 Å². The molecule has 0 saturated heterocycles. The van der Waals surface area contributed by atoms with Crippen LogP contribution in [-0.2, 0) is 4.79 Å². The first-order valence-corrected chi connectivity index (χ1v) is 7.66. The highest BCUT2D eigenvalue weighted by Gasteiger charge is 2.19. The Balaban J connectivity index is 1.82. The number of carboxylic acid groups (broad SMARTS) is 1. The zero-order chi connectivity index (χ0) is 17.8. The molecule has 2 heterocycles. The molecule has 7 nitrogen and oxygen atoms in total. The molecular weight excluding hydrogens is 322 g/mol. The number of nitrogens with one attached hydrogen (secondary N) is 1. The maximum Gasteiger partial charge on any atom is 0.305 e. The van der Waals surface area contributed by atoms with Crippen LogP contribution in [0.5, 0.6) is 5.75 Å². The number of hydrogen-bond acceptors (Lipinski definition) is 4. The molecule has 0 fully saturated rings. The van der Waals surface area contributed by atoms with Crippen LogP contribution in [0.15, 0.2) is 55.0 Å². The predicted molar refractivity (Wildman–Crippen MR) is 90.6 cm³/mol. The van der Waals surface area contributed by atoms with Gasteiger partial charge in [0, 0.05) is 18.6 Å². The molecule has 2 N–H and O–H groups in total. The summed E-state index contributed by atoms with van der Waals surface area (Å²) in [7, 11) is 1.55. The Morgan fingerprint density at radius 1 is 1.24 bits per heavy atom. The number of aliphatic carboxylic acids is 1. The standard InChI is InChI=1S/C18H17N3O4/c1-25-14-5-2-12(3-6-14)15(10-17(22)23)20-18(24)13-4-7-16-19-8-9-21(16)11-13/h2-9,11,15H,10H2,1H3,(H,20,24)(H,22,23). The lowest BCUT2D eigenvalue weighted by atomic mass is 10.0. The van der Waals surface area contributed by atoms with Crippen molar-refractivity contribution in [2.45, 2.75) is 12.5 Å². The van der Waals surface area contributed by atoms with Crippen LogP contribution in [0, 0.1) is 0 Å². The molecule has 1 unspecified atom stereocenters. The summed E-state index contributed by atoms with van der Waals surface area (Å²) >= 11 is 0. The lowest BCUT2D eigenvalue weighted by Crippen LogP contribution is -2.30. The van der Waals surface area contributed by atoms with E-state index in [2.05, 4.69) is 10.3 Å². The van der Waals surface area contributed by atoms with E-state index in [1.165, 1.54) is 0 Å². The first-order valence-electron chi connectivity index (χ1n) is 7.66. The molecule has 0 spiro atoms. The smallest absolute Gasteiger partial charge is 0.305 e. The molecule has 7 heteroatoms. The molecule has 0 bridgehead atoms. The van der Waals surface area contributed by atoms with E-state index >= 15 is 0 Å². The van der Waals surface area contributed by atoms with Crippen molar-refractivity contribution in [3.05, 3.63) is 66.1 Å². The molecule has 0 saturated carbocycles. The highest BCUT2D eigenvalue weighted by atomic mass is 16.5. The normalized spacial score (nSPS) is 11.9. The van der Waals surface area contributed by atoms with E-state index < -0.39 is 12.0 Å². The van der Waals surface area contributed by atoms with Crippen molar-refractivity contribution >= 4 is 17.5 Å². The fraction of sp³-hybridized carbons (Fsp3) is 0.167. The Morgan fingerprint density at radius 2 is 2.00 bits per heavy atom. The van der Waals surface area contributed by atoms with Crippen LogP contribution in [0.3, 0.4) is 0 Å². The number of carboxylic acids is 1. The number of pyridine rings is 1. The summed E-state index contributed by atoms with van der Waals surface area (Å²) in [5, 5.41) is 11.9. The Labute approximate surface area is 143 Å². The molecule has 1 aromatic carbocycles. The van der Waals surface area contributed by atoms with Crippen LogP contribution in [-0.4, -0.2) is 33.5 Å². The number of ether oxygens (including phenoxy) is 1. The van der Waals surface area contributed by atoms with Gasteiger partial charge in [0.05, 0.1) is 25.1 Å². The molecule has 0 aliphatic rings. The van der Waals surface area contributed by atoms with Gasteiger partial charge in [0.2, 0.25) is 0 Å². The van der Waals surface area contributed by atoms with E-state index in [1.54, 1.807) is 66.5 Å². The van der Waals surface area contributed by atoms with E-state index in [1.807, 2.05) is 0 Å². The van der Waals surface area contributed by atoms with Crippen LogP contribution in [0.25, 0.3) is 5.65 Å². The summed E-state index contributed by atoms with van der Waals surface area (Å²) in [5.74, 6) is -0.682. The minimum atomic E-state index is -0.994. The number of carbonyl (C=O) groups is 2. The molecule has 3 rings (SSSR count). The van der Waals surface area contributed by atoms with E-state index in [4.69, 9.17) is 9.84 Å². The fourth-order valence-electron chi connectivity index (χ4n) is 2.56. The van der Waals surface area contributed by atoms with Gasteiger partial charge in [0.1, 0.15) is 11.4 Å². The van der Waals surface area contributed by atoms with Gasteiger partial charge in [-0.15, -0.1) is 0 Å². The minimum Gasteiger partial charge on any atom is -0.497 e. The van der Waals surface area contributed by atoms with Crippen molar-refractivity contribution < 1.29 is 19.4 Å². The SMILES string of the molecule is COc1ccc(C(CC(=O)O)NC(=O)c2ccc3nccn3c2)cc1. The lowest BCUT2D eigenvalue weighted by molar-refractivity contribution is -0.137. The van der Waals surface area contributed by atoms with Gasteiger partial charge < -0.3 is 19.6 Å². The first kappa shape index (κ1) is 16.5. The Bertz CT molecular complexity index is 902. The van der Waals surface area contributed by atoms with Crippen LogP contribution < -0.4 is 10.1 Å². The van der Waals surface area contributed by atoms with Gasteiger partial charge in [-0.25, -0.2) is 4.98 Å². The Kier molecular flexibility index (Phi) is 4.65. The average Bonchev–Trinajstić information content (AvgIpc) is 3.08.